The van der Waals surface area contributed by atoms with E-state index in [1.165, 1.54) is 13.2 Å². The third-order valence-electron chi connectivity index (χ3n) is 2.36. The van der Waals surface area contributed by atoms with E-state index in [-0.39, 0.29) is 9.77 Å². The summed E-state index contributed by atoms with van der Waals surface area (Å²) in [5.74, 6) is -0.626. The van der Waals surface area contributed by atoms with Gasteiger partial charge in [0, 0.05) is 6.54 Å². The first-order valence-corrected chi connectivity index (χ1v) is 8.04. The molecule has 0 spiro atoms. The fraction of sp³-hybridized carbons (Fsp3) is 0.545. The molecule has 0 radical (unpaired) electrons. The van der Waals surface area contributed by atoms with Crippen LogP contribution < -0.4 is 4.72 Å². The van der Waals surface area contributed by atoms with Crippen molar-refractivity contribution in [2.24, 2.45) is 0 Å². The lowest BCUT2D eigenvalue weighted by Gasteiger charge is -2.06. The van der Waals surface area contributed by atoms with E-state index in [1.807, 2.05) is 6.92 Å². The van der Waals surface area contributed by atoms with Gasteiger partial charge in [-0.2, -0.15) is 0 Å². The predicted molar refractivity (Wildman–Crippen MR) is 70.4 cm³/mol. The molecule has 102 valence electrons. The highest BCUT2D eigenvalue weighted by molar-refractivity contribution is 7.89. The van der Waals surface area contributed by atoms with E-state index in [4.69, 9.17) is 0 Å². The fourth-order valence-electron chi connectivity index (χ4n) is 1.41. The second kappa shape index (κ2) is 6.86. The van der Waals surface area contributed by atoms with Crippen LogP contribution in [0.3, 0.4) is 0 Å². The zero-order valence-electron chi connectivity index (χ0n) is 10.4. The first kappa shape index (κ1) is 15.1. The second-order valence-corrected chi connectivity index (χ2v) is 6.36. The molecule has 0 atom stereocenters. The number of unbranched alkanes of at least 4 members (excludes halogenated alkanes) is 2. The Hall–Kier alpha value is -0.920. The molecule has 0 aliphatic carbocycles. The molecule has 1 rings (SSSR count). The Morgan fingerprint density at radius 1 is 1.44 bits per heavy atom. The standard InChI is InChI=1S/C11H17NO4S2/c1-3-4-5-7-12-18(14,15)9-6-8-17-10(9)11(13)16-2/h6,8,12H,3-5,7H2,1-2H3. The Balaban J connectivity index is 2.79. The molecule has 1 N–H and O–H groups in total. The number of nitrogens with one attached hydrogen (secondary N) is 1. The highest BCUT2D eigenvalue weighted by atomic mass is 32.2. The summed E-state index contributed by atoms with van der Waals surface area (Å²) in [5, 5.41) is 1.56. The zero-order chi connectivity index (χ0) is 13.6. The largest absolute Gasteiger partial charge is 0.465 e. The lowest BCUT2D eigenvalue weighted by Crippen LogP contribution is -2.25. The molecule has 0 unspecified atom stereocenters. The van der Waals surface area contributed by atoms with Gasteiger partial charge in [0.25, 0.3) is 0 Å². The van der Waals surface area contributed by atoms with Gasteiger partial charge in [-0.25, -0.2) is 17.9 Å². The van der Waals surface area contributed by atoms with Crippen LogP contribution in [0.4, 0.5) is 0 Å². The summed E-state index contributed by atoms with van der Waals surface area (Å²) in [6.45, 7) is 2.43. The van der Waals surface area contributed by atoms with Crippen LogP contribution in [0.2, 0.25) is 0 Å². The van der Waals surface area contributed by atoms with Crippen LogP contribution in [0.5, 0.6) is 0 Å². The van der Waals surface area contributed by atoms with Crippen molar-refractivity contribution in [3.63, 3.8) is 0 Å². The highest BCUT2D eigenvalue weighted by Crippen LogP contribution is 2.22. The van der Waals surface area contributed by atoms with Gasteiger partial charge in [-0.15, -0.1) is 11.3 Å². The number of carbonyl (C=O) groups is 1. The number of sulfonamides is 1. The minimum Gasteiger partial charge on any atom is -0.465 e. The molecule has 0 aromatic carbocycles. The first-order chi connectivity index (χ1) is 8.53. The van der Waals surface area contributed by atoms with Crippen LogP contribution in [0, 0.1) is 0 Å². The lowest BCUT2D eigenvalue weighted by atomic mass is 10.3. The molecule has 1 aromatic rings. The minimum absolute atomic E-state index is 0.00384. The number of carbonyl (C=O) groups excluding carboxylic acids is 1. The molecule has 0 saturated carbocycles. The Morgan fingerprint density at radius 3 is 2.78 bits per heavy atom. The van der Waals surface area contributed by atoms with E-state index >= 15 is 0 Å². The number of methoxy groups -OCH3 is 1. The smallest absolute Gasteiger partial charge is 0.349 e. The number of esters is 1. The molecule has 0 aliphatic heterocycles. The molecule has 5 nitrogen and oxygen atoms in total. The molecule has 7 heteroatoms. The summed E-state index contributed by atoms with van der Waals surface area (Å²) in [5.41, 5.74) is 0. The molecule has 0 fully saturated rings. The zero-order valence-corrected chi connectivity index (χ0v) is 12.1. The van der Waals surface area contributed by atoms with Gasteiger partial charge in [0.1, 0.15) is 9.77 Å². The van der Waals surface area contributed by atoms with Crippen LogP contribution >= 0.6 is 11.3 Å². The maximum absolute atomic E-state index is 12.0. The number of rotatable bonds is 7. The van der Waals surface area contributed by atoms with Crippen molar-refractivity contribution in [2.45, 2.75) is 31.1 Å². The Labute approximate surface area is 111 Å². The molecule has 1 aromatic heterocycles. The van der Waals surface area contributed by atoms with Gasteiger partial charge in [0.2, 0.25) is 10.0 Å². The maximum atomic E-state index is 12.0. The third kappa shape index (κ3) is 3.79. The molecular formula is C11H17NO4S2. The lowest BCUT2D eigenvalue weighted by molar-refractivity contribution is 0.0602. The summed E-state index contributed by atoms with van der Waals surface area (Å²) in [7, 11) is -2.39. The normalized spacial score (nSPS) is 11.4. The number of hydrogen-bond donors (Lipinski definition) is 1. The van der Waals surface area contributed by atoms with Crippen molar-refractivity contribution in [1.82, 2.24) is 4.72 Å². The highest BCUT2D eigenvalue weighted by Gasteiger charge is 2.23. The fourth-order valence-corrected chi connectivity index (χ4v) is 3.82. The summed E-state index contributed by atoms with van der Waals surface area (Å²) in [4.78, 5) is 11.5. The predicted octanol–water partition coefficient (Wildman–Crippen LogP) is 2.00. The van der Waals surface area contributed by atoms with Crippen LogP contribution in [0.1, 0.15) is 35.9 Å². The van der Waals surface area contributed by atoms with Gasteiger partial charge in [0.15, 0.2) is 0 Å². The average molecular weight is 291 g/mol. The van der Waals surface area contributed by atoms with Crippen molar-refractivity contribution in [1.29, 1.82) is 0 Å². The van der Waals surface area contributed by atoms with E-state index < -0.39 is 16.0 Å². The maximum Gasteiger partial charge on any atom is 0.349 e. The summed E-state index contributed by atoms with van der Waals surface area (Å²) < 4.78 is 31.0. The van der Waals surface area contributed by atoms with Gasteiger partial charge in [0.05, 0.1) is 7.11 Å². The van der Waals surface area contributed by atoms with Crippen molar-refractivity contribution < 1.29 is 17.9 Å². The minimum atomic E-state index is -3.62. The first-order valence-electron chi connectivity index (χ1n) is 5.68. The Morgan fingerprint density at radius 2 is 2.17 bits per heavy atom. The monoisotopic (exact) mass is 291 g/mol. The third-order valence-corrected chi connectivity index (χ3v) is 4.89. The van der Waals surface area contributed by atoms with Gasteiger partial charge >= 0.3 is 5.97 Å². The van der Waals surface area contributed by atoms with Crippen LogP contribution in [-0.2, 0) is 14.8 Å². The number of ether oxygens (including phenoxy) is 1. The van der Waals surface area contributed by atoms with Gasteiger partial charge in [-0.1, -0.05) is 19.8 Å². The SMILES string of the molecule is CCCCCNS(=O)(=O)c1ccsc1C(=O)OC. The van der Waals surface area contributed by atoms with E-state index in [0.29, 0.717) is 6.54 Å². The molecule has 1 heterocycles. The topological polar surface area (TPSA) is 72.5 Å². The second-order valence-electron chi connectivity index (χ2n) is 3.71. The van der Waals surface area contributed by atoms with E-state index in [2.05, 4.69) is 9.46 Å². The summed E-state index contributed by atoms with van der Waals surface area (Å²) in [6.07, 6.45) is 2.77. The Kier molecular flexibility index (Phi) is 5.77. The summed E-state index contributed by atoms with van der Waals surface area (Å²) >= 11 is 1.06. The molecule has 0 amide bonds. The molecule has 18 heavy (non-hydrogen) atoms. The van der Waals surface area contributed by atoms with Crippen molar-refractivity contribution >= 4 is 27.3 Å². The van der Waals surface area contributed by atoms with E-state index in [0.717, 1.165) is 30.6 Å². The number of hydrogen-bond acceptors (Lipinski definition) is 5. The van der Waals surface area contributed by atoms with Crippen LogP contribution in [-0.4, -0.2) is 28.0 Å². The number of thiophene rings is 1. The van der Waals surface area contributed by atoms with E-state index in [1.54, 1.807) is 5.38 Å². The van der Waals surface area contributed by atoms with Gasteiger partial charge in [-0.3, -0.25) is 0 Å². The Bertz CT molecular complexity index is 493. The molecular weight excluding hydrogens is 274 g/mol. The average Bonchev–Trinajstić information content (AvgIpc) is 2.83. The van der Waals surface area contributed by atoms with Gasteiger partial charge < -0.3 is 4.74 Å². The quantitative estimate of drug-likeness (QED) is 0.616. The van der Waals surface area contributed by atoms with Gasteiger partial charge in [-0.05, 0) is 17.9 Å². The van der Waals surface area contributed by atoms with Crippen LogP contribution in [0.25, 0.3) is 0 Å². The van der Waals surface area contributed by atoms with Crippen molar-refractivity contribution in [3.05, 3.63) is 16.3 Å². The van der Waals surface area contributed by atoms with E-state index in [9.17, 15) is 13.2 Å². The van der Waals surface area contributed by atoms with Crippen molar-refractivity contribution in [2.75, 3.05) is 13.7 Å². The molecule has 0 saturated heterocycles. The van der Waals surface area contributed by atoms with Crippen molar-refractivity contribution in [3.8, 4) is 0 Å². The molecule has 0 bridgehead atoms. The molecule has 0 aliphatic rings. The summed E-state index contributed by atoms with van der Waals surface area (Å²) in [6, 6.07) is 1.42. The van der Waals surface area contributed by atoms with Crippen LogP contribution in [0.15, 0.2) is 16.3 Å².